The van der Waals surface area contributed by atoms with Crippen LogP contribution in [0, 0.1) is 23.7 Å². The van der Waals surface area contributed by atoms with Gasteiger partial charge in [0.1, 0.15) is 67.9 Å². The van der Waals surface area contributed by atoms with E-state index in [1.807, 2.05) is 98.8 Å². The van der Waals surface area contributed by atoms with Gasteiger partial charge in [0.2, 0.25) is 5.91 Å². The highest BCUT2D eigenvalue weighted by Gasteiger charge is 2.11. The molecular weight excluding hydrogens is 1100 g/mol. The van der Waals surface area contributed by atoms with Crippen molar-refractivity contribution in [2.24, 2.45) is 58.1 Å². The summed E-state index contributed by atoms with van der Waals surface area (Å²) in [5.41, 5.74) is 29.8. The molecule has 1 amide bonds. The second-order valence-corrected chi connectivity index (χ2v) is 14.5. The second kappa shape index (κ2) is 285. The molecule has 0 aliphatic carbocycles. The number of aliphatic hydroxyl groups is 1. The Morgan fingerprint density at radius 2 is 0.512 bits per heavy atom. The molecule has 23 nitrogen and oxygen atoms in total. The van der Waals surface area contributed by atoms with Gasteiger partial charge in [0.15, 0.2) is 0 Å². The molecule has 0 aromatic heterocycles. The quantitative estimate of drug-likeness (QED) is 0.132. The standard InChI is InChI=1S/2C8H10.C7H13NO.3C5H12.C4H10.C3H8O.C2H6.6CH5N.10CH2O.4H3N/c2*1-2-8-6-4-3-5-7-8;1-7(9)8-5-3-2-4-6-8;3*1-4-5(2)3;1-4(2)3;1-3(2)4;17*1-2;;;;/h2*3-7H,2H2,1H3;2-6H2,1H3;3*5H,4H2,1-3H3;4H,1-3H3;3-4H,1-2H3;1-2H3;6*2H2,1H3;10*1H2;4*1H3. The number of aryl methyl sites for hydroxylation is 2. The summed E-state index contributed by atoms with van der Waals surface area (Å²) in [4.78, 5) is 92.6. The Kier molecular flexibility index (Phi) is 568. The molecule has 1 aliphatic rings. The lowest BCUT2D eigenvalue weighted by Gasteiger charge is -2.24. The molecule has 1 saturated heterocycles. The van der Waals surface area contributed by atoms with E-state index in [2.05, 4.69) is 180 Å². The lowest BCUT2D eigenvalue weighted by Crippen LogP contribution is -2.33. The predicted molar refractivity (Wildman–Crippen MR) is 384 cm³/mol. The Hall–Kier alpha value is -5.83. The molecule has 2 aromatic carbocycles. The molecule has 86 heavy (non-hydrogen) atoms. The molecule has 1 aliphatic heterocycles. The molecule has 0 spiro atoms. The molecule has 1 heterocycles. The Morgan fingerprint density at radius 1 is 0.384 bits per heavy atom. The van der Waals surface area contributed by atoms with Gasteiger partial charge < -0.3 is 117 Å². The van der Waals surface area contributed by atoms with E-state index in [0.717, 1.165) is 49.6 Å². The van der Waals surface area contributed by atoms with Crippen molar-refractivity contribution in [3.63, 3.8) is 0 Å². The van der Waals surface area contributed by atoms with Crippen LogP contribution >= 0.6 is 0 Å². The van der Waals surface area contributed by atoms with E-state index in [9.17, 15) is 4.79 Å². The van der Waals surface area contributed by atoms with Crippen molar-refractivity contribution in [2.75, 3.05) is 55.4 Å². The largest absolute Gasteiger partial charge is 0.394 e. The molecule has 23 heteroatoms. The first-order valence-corrected chi connectivity index (χ1v) is 26.8. The van der Waals surface area contributed by atoms with Crippen molar-refractivity contribution in [3.8, 4) is 0 Å². The summed E-state index contributed by atoms with van der Waals surface area (Å²) < 4.78 is 0. The highest BCUT2D eigenvalue weighted by Crippen LogP contribution is 2.07. The third-order valence-corrected chi connectivity index (χ3v) is 6.75. The number of nitrogens with zero attached hydrogens (tertiary/aromatic N) is 1. The van der Waals surface area contributed by atoms with Gasteiger partial charge in [0.25, 0.3) is 0 Å². The Labute approximate surface area is 533 Å². The maximum atomic E-state index is 10.7. The van der Waals surface area contributed by atoms with Crippen LogP contribution in [0.2, 0.25) is 0 Å². The first kappa shape index (κ1) is 171. The molecule has 0 unspecified atom stereocenters. The van der Waals surface area contributed by atoms with Gasteiger partial charge >= 0.3 is 0 Å². The SMILES string of the molecule is C=O.C=O.C=O.C=O.C=O.C=O.C=O.C=O.C=O.C=O.CC.CC(=O)N1CCCCC1.CC(C)C.CC(C)O.CCC(C)C.CCC(C)C.CCC(C)C.CCc1ccccc1.CCc1ccccc1.CN.CN.CN.CN.CN.CN.N.N.N.N. The lowest BCUT2D eigenvalue weighted by molar-refractivity contribution is -0.129. The number of carbonyl (C=O) groups excluding carboxylic acids is 11. The van der Waals surface area contributed by atoms with Crippen LogP contribution in [0.15, 0.2) is 60.7 Å². The number of hydrogen-bond donors (Lipinski definition) is 11. The Bertz CT molecular complexity index is 949. The summed E-state index contributed by atoms with van der Waals surface area (Å²) in [7, 11) is 9.00. The fourth-order valence-electron chi connectivity index (χ4n) is 2.64. The zero-order valence-electron chi connectivity index (χ0n) is 61.0. The van der Waals surface area contributed by atoms with Gasteiger partial charge in [-0.25, -0.2) is 0 Å². The molecule has 534 valence electrons. The number of benzene rings is 2. The van der Waals surface area contributed by atoms with E-state index in [1.165, 1.54) is 91.9 Å². The Morgan fingerprint density at radius 3 is 0.581 bits per heavy atom. The monoisotopic (exact) mass is 1260 g/mol. The van der Waals surface area contributed by atoms with E-state index in [4.69, 9.17) is 53.1 Å². The first-order valence-electron chi connectivity index (χ1n) is 26.8. The number of hydrogen-bond acceptors (Lipinski definition) is 22. The van der Waals surface area contributed by atoms with Crippen LogP contribution in [-0.4, -0.2) is 145 Å². The van der Waals surface area contributed by atoms with E-state index < -0.39 is 0 Å². The van der Waals surface area contributed by atoms with Crippen molar-refractivity contribution >= 4 is 73.8 Å². The first-order chi connectivity index (χ1) is 39.4. The number of carbonyl (C=O) groups is 11. The summed E-state index contributed by atoms with van der Waals surface area (Å²) in [6.07, 6.45) is 9.71. The minimum absolute atomic E-state index is 0. The third-order valence-electron chi connectivity index (χ3n) is 6.75. The van der Waals surface area contributed by atoms with Gasteiger partial charge in [-0.15, -0.1) is 0 Å². The lowest BCUT2D eigenvalue weighted by atomic mass is 10.1. The van der Waals surface area contributed by atoms with Crippen LogP contribution in [0.25, 0.3) is 0 Å². The van der Waals surface area contributed by atoms with Gasteiger partial charge in [-0.1, -0.05) is 191 Å². The summed E-state index contributed by atoms with van der Waals surface area (Å²) >= 11 is 0. The second-order valence-electron chi connectivity index (χ2n) is 14.5. The maximum absolute atomic E-state index is 10.7. The van der Waals surface area contributed by atoms with Crippen LogP contribution < -0.4 is 59.0 Å². The van der Waals surface area contributed by atoms with Crippen molar-refractivity contribution in [1.29, 1.82) is 0 Å². The topological polar surface area (TPSA) is 507 Å². The van der Waals surface area contributed by atoms with Gasteiger partial charge in [0.05, 0.1) is 0 Å². The molecule has 1 fully saturated rings. The number of amides is 1. The van der Waals surface area contributed by atoms with Gasteiger partial charge in [-0.2, -0.15) is 0 Å². The van der Waals surface area contributed by atoms with Crippen LogP contribution in [0.1, 0.15) is 181 Å². The molecular formula is C63H155N11O12. The Balaban J connectivity index is -0.0000000186. The number of likely N-dealkylation sites (tertiary alicyclic amines) is 1. The molecule has 25 N–H and O–H groups in total. The van der Waals surface area contributed by atoms with Crippen molar-refractivity contribution in [2.45, 2.75) is 189 Å². The minimum Gasteiger partial charge on any atom is -0.394 e. The number of nitrogens with two attached hydrogens (primary N) is 6. The third kappa shape index (κ3) is 450. The van der Waals surface area contributed by atoms with Crippen molar-refractivity contribution in [3.05, 3.63) is 71.8 Å². The van der Waals surface area contributed by atoms with E-state index in [-0.39, 0.29) is 36.6 Å². The van der Waals surface area contributed by atoms with Crippen LogP contribution in [-0.2, 0) is 65.6 Å². The average Bonchev–Trinajstić information content (AvgIpc) is 3.58. The highest BCUT2D eigenvalue weighted by molar-refractivity contribution is 5.73. The van der Waals surface area contributed by atoms with Crippen molar-refractivity contribution in [1.82, 2.24) is 29.5 Å². The molecule has 0 saturated carbocycles. The van der Waals surface area contributed by atoms with Crippen molar-refractivity contribution < 1.29 is 57.8 Å². The van der Waals surface area contributed by atoms with E-state index >= 15 is 0 Å². The number of aliphatic hydroxyl groups excluding tert-OH is 1. The number of piperidine rings is 1. The molecule has 0 atom stereocenters. The molecule has 0 bridgehead atoms. The summed E-state index contributed by atoms with van der Waals surface area (Å²) in [6.45, 7) is 61.8. The van der Waals surface area contributed by atoms with Gasteiger partial charge in [-0.05, 0) is 123 Å². The minimum atomic E-state index is -0.167. The highest BCUT2D eigenvalue weighted by atomic mass is 16.3. The fraction of sp³-hybridized carbons (Fsp3) is 0.635. The smallest absolute Gasteiger partial charge is 0.219 e. The summed E-state index contributed by atoms with van der Waals surface area (Å²) in [5, 5.41) is 8.06. The van der Waals surface area contributed by atoms with E-state index in [1.54, 1.807) is 20.8 Å². The van der Waals surface area contributed by atoms with Gasteiger partial charge in [-0.3, -0.25) is 4.79 Å². The van der Waals surface area contributed by atoms with Crippen LogP contribution in [0.5, 0.6) is 0 Å². The average molecular weight is 1260 g/mol. The zero-order chi connectivity index (χ0) is 72.3. The summed E-state index contributed by atoms with van der Waals surface area (Å²) in [6, 6.07) is 20.9. The fourth-order valence-corrected chi connectivity index (χ4v) is 2.64. The maximum Gasteiger partial charge on any atom is 0.219 e. The van der Waals surface area contributed by atoms with E-state index in [0.29, 0.717) is 0 Å². The molecule has 3 rings (SSSR count). The molecule has 2 aromatic rings. The number of rotatable bonds is 5. The molecule has 0 radical (unpaired) electrons. The van der Waals surface area contributed by atoms with Crippen LogP contribution in [0.4, 0.5) is 0 Å². The zero-order valence-corrected chi connectivity index (χ0v) is 61.0. The normalized spacial score (nSPS) is 7.24. The predicted octanol–water partition coefficient (Wildman–Crippen LogP) is 11.0. The summed E-state index contributed by atoms with van der Waals surface area (Å²) in [5.74, 6) is 3.72. The van der Waals surface area contributed by atoms with Gasteiger partial charge in [0, 0.05) is 26.1 Å². The van der Waals surface area contributed by atoms with Crippen LogP contribution in [0.3, 0.4) is 0 Å².